The Balaban J connectivity index is 1.49. The predicted octanol–water partition coefficient (Wildman–Crippen LogP) is 2.62. The molecule has 1 amide bonds. The highest BCUT2D eigenvalue weighted by atomic mass is 32.1. The molecule has 3 aromatic heterocycles. The third-order valence-corrected chi connectivity index (χ3v) is 5.16. The van der Waals surface area contributed by atoms with E-state index in [0.29, 0.717) is 15.3 Å². The van der Waals surface area contributed by atoms with Gasteiger partial charge in [0, 0.05) is 5.56 Å². The van der Waals surface area contributed by atoms with Crippen molar-refractivity contribution in [3.63, 3.8) is 0 Å². The minimum absolute atomic E-state index is 0.127. The van der Waals surface area contributed by atoms with Crippen molar-refractivity contribution in [1.82, 2.24) is 19.7 Å². The number of amides is 1. The number of carbonyl (C=O) groups excluding carboxylic acids is 1. The highest BCUT2D eigenvalue weighted by Crippen LogP contribution is 2.25. The first kappa shape index (κ1) is 15.6. The maximum Gasteiger partial charge on any atom is 0.262 e. The number of rotatable bonds is 4. The first-order valence-electron chi connectivity index (χ1n) is 7.32. The molecule has 0 spiro atoms. The Morgan fingerprint density at radius 3 is 2.84 bits per heavy atom. The van der Waals surface area contributed by atoms with Crippen molar-refractivity contribution >= 4 is 43.9 Å². The molecule has 0 saturated carbocycles. The molecular formula is C16H11N5O2S2. The van der Waals surface area contributed by atoms with Gasteiger partial charge in [0.2, 0.25) is 11.0 Å². The Kier molecular flexibility index (Phi) is 4.08. The zero-order chi connectivity index (χ0) is 17.2. The number of benzene rings is 1. The van der Waals surface area contributed by atoms with Crippen molar-refractivity contribution in [2.24, 2.45) is 0 Å². The van der Waals surface area contributed by atoms with E-state index in [9.17, 15) is 9.59 Å². The molecular weight excluding hydrogens is 358 g/mol. The first-order valence-corrected chi connectivity index (χ1v) is 9.02. The molecule has 4 rings (SSSR count). The lowest BCUT2D eigenvalue weighted by atomic mass is 10.2. The zero-order valence-corrected chi connectivity index (χ0v) is 14.4. The number of nitrogens with one attached hydrogen (secondary N) is 1. The monoisotopic (exact) mass is 369 g/mol. The molecule has 0 fully saturated rings. The van der Waals surface area contributed by atoms with E-state index in [-0.39, 0.29) is 18.0 Å². The smallest absolute Gasteiger partial charge is 0.262 e. The van der Waals surface area contributed by atoms with Crippen LogP contribution in [0.4, 0.5) is 5.13 Å². The lowest BCUT2D eigenvalue weighted by molar-refractivity contribution is -0.116. The van der Waals surface area contributed by atoms with E-state index in [2.05, 4.69) is 20.5 Å². The molecule has 0 radical (unpaired) electrons. The van der Waals surface area contributed by atoms with E-state index in [0.717, 1.165) is 10.6 Å². The number of aromatic nitrogens is 4. The van der Waals surface area contributed by atoms with Crippen LogP contribution in [-0.4, -0.2) is 25.7 Å². The van der Waals surface area contributed by atoms with Gasteiger partial charge in [-0.05, 0) is 11.4 Å². The molecule has 1 N–H and O–H groups in total. The summed E-state index contributed by atoms with van der Waals surface area (Å²) >= 11 is 2.67. The van der Waals surface area contributed by atoms with Gasteiger partial charge < -0.3 is 0 Å². The molecule has 0 unspecified atom stereocenters. The van der Waals surface area contributed by atoms with E-state index < -0.39 is 0 Å². The van der Waals surface area contributed by atoms with Crippen molar-refractivity contribution in [2.75, 3.05) is 5.32 Å². The van der Waals surface area contributed by atoms with Crippen LogP contribution in [0, 0.1) is 0 Å². The number of nitrogens with zero attached hydrogens (tertiary/aromatic N) is 4. The van der Waals surface area contributed by atoms with Crippen LogP contribution < -0.4 is 10.9 Å². The van der Waals surface area contributed by atoms with Gasteiger partial charge in [0.05, 0.1) is 11.7 Å². The zero-order valence-electron chi connectivity index (χ0n) is 12.7. The van der Waals surface area contributed by atoms with E-state index in [1.54, 1.807) is 11.4 Å². The molecule has 0 aliphatic heterocycles. The van der Waals surface area contributed by atoms with Crippen molar-refractivity contribution in [2.45, 2.75) is 6.54 Å². The highest BCUT2D eigenvalue weighted by molar-refractivity contribution is 7.18. The Morgan fingerprint density at radius 1 is 1.16 bits per heavy atom. The summed E-state index contributed by atoms with van der Waals surface area (Å²) < 4.78 is 1.28. The third kappa shape index (κ3) is 3.19. The molecule has 7 nitrogen and oxygen atoms in total. The molecule has 3 heterocycles. The fourth-order valence-electron chi connectivity index (χ4n) is 2.29. The van der Waals surface area contributed by atoms with Crippen molar-refractivity contribution in [3.05, 3.63) is 58.5 Å². The van der Waals surface area contributed by atoms with Crippen LogP contribution in [0.5, 0.6) is 0 Å². The summed E-state index contributed by atoms with van der Waals surface area (Å²) in [7, 11) is 0. The maximum absolute atomic E-state index is 12.3. The Morgan fingerprint density at radius 2 is 2.00 bits per heavy atom. The van der Waals surface area contributed by atoms with Crippen LogP contribution in [-0.2, 0) is 11.3 Å². The maximum atomic E-state index is 12.3. The van der Waals surface area contributed by atoms with Gasteiger partial charge in [-0.1, -0.05) is 41.7 Å². The summed E-state index contributed by atoms with van der Waals surface area (Å²) in [5, 5.41) is 14.1. The molecule has 0 aliphatic carbocycles. The normalized spacial score (nSPS) is 10.9. The van der Waals surface area contributed by atoms with E-state index >= 15 is 0 Å². The summed E-state index contributed by atoms with van der Waals surface area (Å²) in [4.78, 5) is 29.3. The topological polar surface area (TPSA) is 89.8 Å². The first-order chi connectivity index (χ1) is 12.2. The van der Waals surface area contributed by atoms with E-state index in [1.165, 1.54) is 33.6 Å². The summed E-state index contributed by atoms with van der Waals surface area (Å²) in [5.74, 6) is -0.353. The molecule has 9 heteroatoms. The van der Waals surface area contributed by atoms with Crippen LogP contribution in [0.1, 0.15) is 0 Å². The van der Waals surface area contributed by atoms with Gasteiger partial charge in [0.1, 0.15) is 16.4 Å². The number of anilines is 1. The predicted molar refractivity (Wildman–Crippen MR) is 97.9 cm³/mol. The highest BCUT2D eigenvalue weighted by Gasteiger charge is 2.12. The summed E-state index contributed by atoms with van der Waals surface area (Å²) in [5.41, 5.74) is 0.701. The van der Waals surface area contributed by atoms with Crippen molar-refractivity contribution in [1.29, 1.82) is 0 Å². The molecule has 0 aliphatic rings. The molecule has 0 saturated heterocycles. The Bertz CT molecular complexity index is 1100. The van der Waals surface area contributed by atoms with Gasteiger partial charge in [0.25, 0.3) is 5.56 Å². The van der Waals surface area contributed by atoms with Crippen LogP contribution in [0.3, 0.4) is 0 Å². The Labute approximate surface area is 149 Å². The van der Waals surface area contributed by atoms with Gasteiger partial charge in [-0.2, -0.15) is 0 Å². The van der Waals surface area contributed by atoms with Crippen LogP contribution >= 0.6 is 22.7 Å². The average molecular weight is 369 g/mol. The number of carbonyl (C=O) groups is 1. The molecule has 0 bridgehead atoms. The summed E-state index contributed by atoms with van der Waals surface area (Å²) in [6, 6.07) is 11.3. The second kappa shape index (κ2) is 6.54. The summed E-state index contributed by atoms with van der Waals surface area (Å²) in [6.07, 6.45) is 1.39. The van der Waals surface area contributed by atoms with Gasteiger partial charge in [0.15, 0.2) is 0 Å². The fourth-order valence-corrected chi connectivity index (χ4v) is 3.78. The number of thiophene rings is 1. The van der Waals surface area contributed by atoms with Gasteiger partial charge in [-0.3, -0.25) is 19.5 Å². The molecule has 0 atom stereocenters. The van der Waals surface area contributed by atoms with E-state index in [4.69, 9.17) is 0 Å². The van der Waals surface area contributed by atoms with Gasteiger partial charge in [-0.25, -0.2) is 4.98 Å². The molecule has 124 valence electrons. The number of hydrogen-bond acceptors (Lipinski definition) is 7. The minimum Gasteiger partial charge on any atom is -0.299 e. The van der Waals surface area contributed by atoms with Crippen LogP contribution in [0.2, 0.25) is 0 Å². The fraction of sp³-hybridized carbons (Fsp3) is 0.0625. The second-order valence-corrected chi connectivity index (χ2v) is 7.02. The van der Waals surface area contributed by atoms with Crippen molar-refractivity contribution < 1.29 is 4.79 Å². The van der Waals surface area contributed by atoms with Crippen LogP contribution in [0.15, 0.2) is 52.9 Å². The SMILES string of the molecule is O=C(Cn1cnc2sccc2c1=O)Nc1nnc(-c2ccccc2)s1. The largest absolute Gasteiger partial charge is 0.299 e. The lowest BCUT2D eigenvalue weighted by Gasteiger charge is -2.04. The van der Waals surface area contributed by atoms with Crippen molar-refractivity contribution in [3.8, 4) is 10.6 Å². The third-order valence-electron chi connectivity index (χ3n) is 3.46. The summed E-state index contributed by atoms with van der Waals surface area (Å²) in [6.45, 7) is -0.127. The number of fused-ring (bicyclic) bond motifs is 1. The van der Waals surface area contributed by atoms with Gasteiger partial charge in [-0.15, -0.1) is 21.5 Å². The standard InChI is InChI=1S/C16H11N5O2S2/c22-12(8-21-9-17-14-11(15(21)23)6-7-24-14)18-16-20-19-13(25-16)10-4-2-1-3-5-10/h1-7,9H,8H2,(H,18,20,22). The van der Waals surface area contributed by atoms with Gasteiger partial charge >= 0.3 is 0 Å². The molecule has 25 heavy (non-hydrogen) atoms. The molecule has 4 aromatic rings. The average Bonchev–Trinajstić information content (AvgIpc) is 3.28. The number of hydrogen-bond donors (Lipinski definition) is 1. The molecule has 1 aromatic carbocycles. The van der Waals surface area contributed by atoms with Crippen LogP contribution in [0.25, 0.3) is 20.8 Å². The quantitative estimate of drug-likeness (QED) is 0.597. The Hall–Kier alpha value is -2.91. The second-order valence-electron chi connectivity index (χ2n) is 5.14. The minimum atomic E-state index is -0.353. The lowest BCUT2D eigenvalue weighted by Crippen LogP contribution is -2.27. The van der Waals surface area contributed by atoms with E-state index in [1.807, 2.05) is 30.3 Å².